The van der Waals surface area contributed by atoms with Crippen LogP contribution in [0.25, 0.3) is 11.1 Å². The number of nitrogens with one attached hydrogen (secondary N) is 1. The molecule has 17 heavy (non-hydrogen) atoms. The van der Waals surface area contributed by atoms with Crippen molar-refractivity contribution in [1.29, 1.82) is 0 Å². The van der Waals surface area contributed by atoms with Gasteiger partial charge in [-0.2, -0.15) is 0 Å². The summed E-state index contributed by atoms with van der Waals surface area (Å²) in [7, 11) is 1.98. The second-order valence-corrected chi connectivity index (χ2v) is 4.51. The van der Waals surface area contributed by atoms with Crippen molar-refractivity contribution in [1.82, 2.24) is 5.32 Å². The van der Waals surface area contributed by atoms with E-state index >= 15 is 0 Å². The van der Waals surface area contributed by atoms with Crippen LogP contribution in [0.2, 0.25) is 0 Å². The first kappa shape index (κ1) is 11.9. The van der Waals surface area contributed by atoms with Crippen LogP contribution in [0.5, 0.6) is 0 Å². The molecule has 0 saturated heterocycles. The zero-order valence-corrected chi connectivity index (χ0v) is 10.7. The monoisotopic (exact) mass is 225 g/mol. The first-order valence-corrected chi connectivity index (χ1v) is 6.02. The predicted molar refractivity (Wildman–Crippen MR) is 74.1 cm³/mol. The summed E-state index contributed by atoms with van der Waals surface area (Å²) in [5, 5.41) is 3.22. The molecule has 0 aliphatic carbocycles. The molecule has 1 N–H and O–H groups in total. The highest BCUT2D eigenvalue weighted by Gasteiger charge is 2.06. The summed E-state index contributed by atoms with van der Waals surface area (Å²) in [6, 6.07) is 15.2. The standard InChI is InChI=1S/C16H19N/c1-12-8-9-15(13(2)10-12)16-7-5-4-6-14(16)11-17-3/h4-10,17H,11H2,1-3H3. The van der Waals surface area contributed by atoms with Crippen LogP contribution in [0.3, 0.4) is 0 Å². The molecule has 0 aliphatic heterocycles. The van der Waals surface area contributed by atoms with Gasteiger partial charge in [-0.3, -0.25) is 0 Å². The van der Waals surface area contributed by atoms with E-state index < -0.39 is 0 Å². The quantitative estimate of drug-likeness (QED) is 0.840. The summed E-state index contributed by atoms with van der Waals surface area (Å²) in [5.41, 5.74) is 6.67. The lowest BCUT2D eigenvalue weighted by atomic mass is 9.95. The van der Waals surface area contributed by atoms with Crippen molar-refractivity contribution in [2.24, 2.45) is 0 Å². The molecule has 88 valence electrons. The molecule has 2 rings (SSSR count). The van der Waals surface area contributed by atoms with Gasteiger partial charge in [0.1, 0.15) is 0 Å². The Morgan fingerprint density at radius 2 is 1.71 bits per heavy atom. The maximum Gasteiger partial charge on any atom is 0.0208 e. The lowest BCUT2D eigenvalue weighted by Crippen LogP contribution is -2.06. The van der Waals surface area contributed by atoms with Gasteiger partial charge in [-0.15, -0.1) is 0 Å². The van der Waals surface area contributed by atoms with Gasteiger partial charge in [0.05, 0.1) is 0 Å². The molecule has 0 aliphatic rings. The lowest BCUT2D eigenvalue weighted by Gasteiger charge is -2.12. The SMILES string of the molecule is CNCc1ccccc1-c1ccc(C)cc1C. The Balaban J connectivity index is 2.52. The third-order valence-corrected chi connectivity index (χ3v) is 3.06. The second-order valence-electron chi connectivity index (χ2n) is 4.51. The van der Waals surface area contributed by atoms with E-state index in [1.165, 1.54) is 27.8 Å². The third kappa shape index (κ3) is 2.56. The molecule has 1 heteroatoms. The molecule has 0 spiro atoms. The molecular formula is C16H19N. The highest BCUT2D eigenvalue weighted by atomic mass is 14.8. The second kappa shape index (κ2) is 5.15. The zero-order valence-electron chi connectivity index (χ0n) is 10.7. The largest absolute Gasteiger partial charge is 0.316 e. The summed E-state index contributed by atoms with van der Waals surface area (Å²) < 4.78 is 0. The Kier molecular flexibility index (Phi) is 3.60. The maximum absolute atomic E-state index is 3.22. The number of hydrogen-bond donors (Lipinski definition) is 1. The van der Waals surface area contributed by atoms with E-state index in [4.69, 9.17) is 0 Å². The Morgan fingerprint density at radius 3 is 2.41 bits per heavy atom. The van der Waals surface area contributed by atoms with E-state index in [-0.39, 0.29) is 0 Å². The highest BCUT2D eigenvalue weighted by molar-refractivity contribution is 5.70. The van der Waals surface area contributed by atoms with Crippen molar-refractivity contribution >= 4 is 0 Å². The van der Waals surface area contributed by atoms with Crippen LogP contribution in [0.15, 0.2) is 42.5 Å². The average molecular weight is 225 g/mol. The van der Waals surface area contributed by atoms with Gasteiger partial charge in [-0.25, -0.2) is 0 Å². The topological polar surface area (TPSA) is 12.0 Å². The normalized spacial score (nSPS) is 10.5. The Bertz CT molecular complexity index is 515. The summed E-state index contributed by atoms with van der Waals surface area (Å²) in [4.78, 5) is 0. The van der Waals surface area contributed by atoms with Crippen molar-refractivity contribution in [3.63, 3.8) is 0 Å². The first-order chi connectivity index (χ1) is 8.22. The molecule has 0 amide bonds. The zero-order chi connectivity index (χ0) is 12.3. The van der Waals surface area contributed by atoms with Gasteiger partial charge >= 0.3 is 0 Å². The number of hydrogen-bond acceptors (Lipinski definition) is 1. The number of benzene rings is 2. The minimum absolute atomic E-state index is 0.906. The van der Waals surface area contributed by atoms with Crippen molar-refractivity contribution in [3.05, 3.63) is 59.2 Å². The van der Waals surface area contributed by atoms with Gasteiger partial charge in [0.25, 0.3) is 0 Å². The summed E-state index contributed by atoms with van der Waals surface area (Å²) >= 11 is 0. The van der Waals surface area contributed by atoms with Crippen LogP contribution in [0.4, 0.5) is 0 Å². The number of aryl methyl sites for hydroxylation is 2. The molecule has 0 aromatic heterocycles. The molecule has 0 atom stereocenters. The van der Waals surface area contributed by atoms with Gasteiger partial charge in [-0.05, 0) is 43.1 Å². The molecule has 2 aromatic carbocycles. The van der Waals surface area contributed by atoms with Crippen molar-refractivity contribution in [2.75, 3.05) is 7.05 Å². The lowest BCUT2D eigenvalue weighted by molar-refractivity contribution is 0.819. The fourth-order valence-electron chi connectivity index (χ4n) is 2.24. The van der Waals surface area contributed by atoms with Gasteiger partial charge in [-0.1, -0.05) is 48.0 Å². The first-order valence-electron chi connectivity index (χ1n) is 6.02. The molecule has 0 radical (unpaired) electrons. The van der Waals surface area contributed by atoms with E-state index in [0.717, 1.165) is 6.54 Å². The minimum atomic E-state index is 0.906. The van der Waals surface area contributed by atoms with E-state index in [0.29, 0.717) is 0 Å². The van der Waals surface area contributed by atoms with E-state index in [1.807, 2.05) is 7.05 Å². The molecule has 0 saturated carbocycles. The van der Waals surface area contributed by atoms with Crippen LogP contribution >= 0.6 is 0 Å². The molecule has 2 aromatic rings. The average Bonchev–Trinajstić information content (AvgIpc) is 2.31. The molecule has 0 unspecified atom stereocenters. The van der Waals surface area contributed by atoms with Gasteiger partial charge in [0, 0.05) is 6.54 Å². The fraction of sp³-hybridized carbons (Fsp3) is 0.250. The Hall–Kier alpha value is -1.60. The molecule has 1 nitrogen and oxygen atoms in total. The van der Waals surface area contributed by atoms with Crippen LogP contribution < -0.4 is 5.32 Å². The molecule has 0 bridgehead atoms. The van der Waals surface area contributed by atoms with E-state index in [9.17, 15) is 0 Å². The Morgan fingerprint density at radius 1 is 0.941 bits per heavy atom. The highest BCUT2D eigenvalue weighted by Crippen LogP contribution is 2.27. The van der Waals surface area contributed by atoms with Crippen molar-refractivity contribution < 1.29 is 0 Å². The van der Waals surface area contributed by atoms with Crippen LogP contribution in [-0.4, -0.2) is 7.05 Å². The van der Waals surface area contributed by atoms with E-state index in [2.05, 4.69) is 61.6 Å². The smallest absolute Gasteiger partial charge is 0.0208 e. The third-order valence-electron chi connectivity index (χ3n) is 3.06. The fourth-order valence-corrected chi connectivity index (χ4v) is 2.24. The summed E-state index contributed by atoms with van der Waals surface area (Å²) in [5.74, 6) is 0. The van der Waals surface area contributed by atoms with Crippen molar-refractivity contribution in [3.8, 4) is 11.1 Å². The Labute approximate surface area is 103 Å². The maximum atomic E-state index is 3.22. The summed E-state index contributed by atoms with van der Waals surface area (Å²) in [6.45, 7) is 5.22. The number of rotatable bonds is 3. The molecular weight excluding hydrogens is 206 g/mol. The molecule has 0 fully saturated rings. The van der Waals surface area contributed by atoms with Crippen LogP contribution in [-0.2, 0) is 6.54 Å². The summed E-state index contributed by atoms with van der Waals surface area (Å²) in [6.07, 6.45) is 0. The van der Waals surface area contributed by atoms with Crippen LogP contribution in [0.1, 0.15) is 16.7 Å². The van der Waals surface area contributed by atoms with E-state index in [1.54, 1.807) is 0 Å². The van der Waals surface area contributed by atoms with Gasteiger partial charge < -0.3 is 5.32 Å². The van der Waals surface area contributed by atoms with Crippen molar-refractivity contribution in [2.45, 2.75) is 20.4 Å². The van der Waals surface area contributed by atoms with Gasteiger partial charge in [0.15, 0.2) is 0 Å². The molecule has 0 heterocycles. The predicted octanol–water partition coefficient (Wildman–Crippen LogP) is 3.69. The van der Waals surface area contributed by atoms with Gasteiger partial charge in [0.2, 0.25) is 0 Å². The minimum Gasteiger partial charge on any atom is -0.316 e. The van der Waals surface area contributed by atoms with Crippen LogP contribution in [0, 0.1) is 13.8 Å².